The summed E-state index contributed by atoms with van der Waals surface area (Å²) in [4.78, 5) is 11.4. The first-order valence-corrected chi connectivity index (χ1v) is 6.88. The minimum absolute atomic E-state index is 0.0248. The quantitative estimate of drug-likeness (QED) is 0.813. The summed E-state index contributed by atoms with van der Waals surface area (Å²) < 4.78 is 0. The molecule has 0 aliphatic rings. The average Bonchev–Trinajstić information content (AvgIpc) is 2.30. The van der Waals surface area contributed by atoms with Gasteiger partial charge in [0.1, 0.15) is 0 Å². The molecular weight excluding hydrogens is 232 g/mol. The number of nitrogens with one attached hydrogen (secondary N) is 1. The molecule has 1 aromatic rings. The zero-order valence-electron chi connectivity index (χ0n) is 10.3. The van der Waals surface area contributed by atoms with Gasteiger partial charge in [-0.2, -0.15) is 0 Å². The number of rotatable bonds is 6. The van der Waals surface area contributed by atoms with Crippen molar-refractivity contribution in [3.63, 3.8) is 0 Å². The van der Waals surface area contributed by atoms with E-state index in [0.29, 0.717) is 12.3 Å². The molecule has 4 heteroatoms. The molecule has 0 fully saturated rings. The van der Waals surface area contributed by atoms with Crippen LogP contribution in [0.3, 0.4) is 0 Å². The van der Waals surface area contributed by atoms with Crippen LogP contribution in [0.5, 0.6) is 0 Å². The highest BCUT2D eigenvalue weighted by Crippen LogP contribution is 2.30. The number of hydrogen-bond acceptors (Lipinski definition) is 3. The van der Waals surface area contributed by atoms with Crippen molar-refractivity contribution >= 4 is 17.7 Å². The molecule has 0 aromatic heterocycles. The Bertz CT molecular complexity index is 341. The fourth-order valence-corrected chi connectivity index (χ4v) is 2.69. The molecule has 94 valence electrons. The molecule has 0 bridgehead atoms. The third kappa shape index (κ3) is 4.79. The van der Waals surface area contributed by atoms with Crippen LogP contribution in [0.4, 0.5) is 0 Å². The number of benzene rings is 1. The highest BCUT2D eigenvalue weighted by atomic mass is 32.2. The maximum Gasteiger partial charge on any atom is 0.230 e. The molecule has 0 heterocycles. The van der Waals surface area contributed by atoms with Crippen LogP contribution in [-0.2, 0) is 4.79 Å². The smallest absolute Gasteiger partial charge is 0.230 e. The van der Waals surface area contributed by atoms with Crippen LogP contribution < -0.4 is 11.1 Å². The van der Waals surface area contributed by atoms with E-state index >= 15 is 0 Å². The zero-order chi connectivity index (χ0) is 12.7. The predicted molar refractivity (Wildman–Crippen MR) is 74.0 cm³/mol. The zero-order valence-corrected chi connectivity index (χ0v) is 11.2. The molecule has 1 amide bonds. The summed E-state index contributed by atoms with van der Waals surface area (Å²) in [6.45, 7) is 4.57. The van der Waals surface area contributed by atoms with Gasteiger partial charge in [0.05, 0.1) is 5.75 Å². The Morgan fingerprint density at radius 1 is 1.41 bits per heavy atom. The van der Waals surface area contributed by atoms with Crippen LogP contribution in [-0.4, -0.2) is 24.2 Å². The number of thioether (sulfide) groups is 1. The maximum absolute atomic E-state index is 11.4. The Labute approximate surface area is 107 Å². The molecule has 0 aliphatic carbocycles. The summed E-state index contributed by atoms with van der Waals surface area (Å²) in [6, 6.07) is 10.1. The lowest BCUT2D eigenvalue weighted by Crippen LogP contribution is -2.28. The van der Waals surface area contributed by atoms with Crippen LogP contribution in [0.2, 0.25) is 0 Å². The minimum Gasteiger partial charge on any atom is -0.356 e. The standard InChI is InChI=1S/C13H20N2OS/c1-3-15-12(16)9-17-13(10(2)14)11-7-5-4-6-8-11/h4-8,10,13H,3,9,14H2,1-2H3,(H,15,16). The van der Waals surface area contributed by atoms with Crippen molar-refractivity contribution in [2.45, 2.75) is 25.1 Å². The summed E-state index contributed by atoms with van der Waals surface area (Å²) in [5, 5.41) is 2.96. The lowest BCUT2D eigenvalue weighted by Gasteiger charge is -2.20. The fraction of sp³-hybridized carbons (Fsp3) is 0.462. The largest absolute Gasteiger partial charge is 0.356 e. The van der Waals surface area contributed by atoms with Crippen LogP contribution >= 0.6 is 11.8 Å². The molecule has 0 spiro atoms. The Balaban J connectivity index is 2.59. The van der Waals surface area contributed by atoms with Gasteiger partial charge in [-0.05, 0) is 19.4 Å². The van der Waals surface area contributed by atoms with E-state index < -0.39 is 0 Å². The van der Waals surface area contributed by atoms with Crippen molar-refractivity contribution in [1.29, 1.82) is 0 Å². The van der Waals surface area contributed by atoms with E-state index in [4.69, 9.17) is 5.73 Å². The van der Waals surface area contributed by atoms with Gasteiger partial charge in [-0.25, -0.2) is 0 Å². The van der Waals surface area contributed by atoms with Gasteiger partial charge in [0.15, 0.2) is 0 Å². The van der Waals surface area contributed by atoms with Gasteiger partial charge in [0, 0.05) is 17.8 Å². The minimum atomic E-state index is 0.0248. The topological polar surface area (TPSA) is 55.1 Å². The van der Waals surface area contributed by atoms with Crippen molar-refractivity contribution in [2.75, 3.05) is 12.3 Å². The molecule has 0 saturated carbocycles. The highest BCUT2D eigenvalue weighted by Gasteiger charge is 2.17. The van der Waals surface area contributed by atoms with E-state index in [0.717, 1.165) is 0 Å². The molecule has 3 N–H and O–H groups in total. The maximum atomic E-state index is 11.4. The van der Waals surface area contributed by atoms with E-state index in [9.17, 15) is 4.79 Å². The van der Waals surface area contributed by atoms with Gasteiger partial charge < -0.3 is 11.1 Å². The molecular formula is C13H20N2OS. The van der Waals surface area contributed by atoms with Crippen molar-refractivity contribution in [2.24, 2.45) is 5.73 Å². The monoisotopic (exact) mass is 252 g/mol. The molecule has 0 saturated heterocycles. The second-order valence-electron chi connectivity index (χ2n) is 3.95. The Morgan fingerprint density at radius 3 is 2.59 bits per heavy atom. The van der Waals surface area contributed by atoms with Gasteiger partial charge in [-0.1, -0.05) is 30.3 Å². The second kappa shape index (κ2) is 7.35. The van der Waals surface area contributed by atoms with Crippen LogP contribution in [0.25, 0.3) is 0 Å². The number of carbonyl (C=O) groups excluding carboxylic acids is 1. The van der Waals surface area contributed by atoms with Crippen LogP contribution in [0, 0.1) is 0 Å². The average molecular weight is 252 g/mol. The molecule has 0 aliphatic heterocycles. The van der Waals surface area contributed by atoms with E-state index in [1.165, 1.54) is 5.56 Å². The molecule has 1 rings (SSSR count). The van der Waals surface area contributed by atoms with Gasteiger partial charge >= 0.3 is 0 Å². The van der Waals surface area contributed by atoms with Gasteiger partial charge in [-0.15, -0.1) is 11.8 Å². The van der Waals surface area contributed by atoms with Crippen molar-refractivity contribution in [3.8, 4) is 0 Å². The Morgan fingerprint density at radius 2 is 2.06 bits per heavy atom. The molecule has 17 heavy (non-hydrogen) atoms. The number of amides is 1. The van der Waals surface area contributed by atoms with Crippen LogP contribution in [0.1, 0.15) is 24.7 Å². The first-order chi connectivity index (χ1) is 8.15. The number of nitrogens with two attached hydrogens (primary N) is 1. The van der Waals surface area contributed by atoms with E-state index in [-0.39, 0.29) is 17.2 Å². The third-order valence-corrected chi connectivity index (χ3v) is 3.86. The van der Waals surface area contributed by atoms with Crippen LogP contribution in [0.15, 0.2) is 30.3 Å². The summed E-state index contributed by atoms with van der Waals surface area (Å²) in [6.07, 6.45) is 0. The Kier molecular flexibility index (Phi) is 6.08. The summed E-state index contributed by atoms with van der Waals surface area (Å²) in [7, 11) is 0. The van der Waals surface area contributed by atoms with Gasteiger partial charge in [0.2, 0.25) is 5.91 Å². The number of carbonyl (C=O) groups is 1. The lowest BCUT2D eigenvalue weighted by atomic mass is 10.1. The predicted octanol–water partition coefficient (Wildman–Crippen LogP) is 1.94. The summed E-state index contributed by atoms with van der Waals surface area (Å²) in [5.41, 5.74) is 7.15. The Hall–Kier alpha value is -1.00. The molecule has 0 radical (unpaired) electrons. The van der Waals surface area contributed by atoms with Gasteiger partial charge in [-0.3, -0.25) is 4.79 Å². The molecule has 3 nitrogen and oxygen atoms in total. The first-order valence-electron chi connectivity index (χ1n) is 5.84. The number of hydrogen-bond donors (Lipinski definition) is 2. The van der Waals surface area contributed by atoms with E-state index in [1.807, 2.05) is 32.0 Å². The summed E-state index contributed by atoms with van der Waals surface area (Å²) >= 11 is 1.59. The first kappa shape index (κ1) is 14.1. The van der Waals surface area contributed by atoms with E-state index in [2.05, 4.69) is 17.4 Å². The van der Waals surface area contributed by atoms with Gasteiger partial charge in [0.25, 0.3) is 0 Å². The molecule has 1 aromatic carbocycles. The second-order valence-corrected chi connectivity index (χ2v) is 5.08. The van der Waals surface area contributed by atoms with E-state index in [1.54, 1.807) is 11.8 Å². The third-order valence-electron chi connectivity index (χ3n) is 2.37. The van der Waals surface area contributed by atoms with Crippen molar-refractivity contribution < 1.29 is 4.79 Å². The molecule has 2 unspecified atom stereocenters. The van der Waals surface area contributed by atoms with Crippen molar-refractivity contribution in [3.05, 3.63) is 35.9 Å². The van der Waals surface area contributed by atoms with Crippen molar-refractivity contribution in [1.82, 2.24) is 5.32 Å². The summed E-state index contributed by atoms with van der Waals surface area (Å²) in [5.74, 6) is 0.522. The highest BCUT2D eigenvalue weighted by molar-refractivity contribution is 8.00. The lowest BCUT2D eigenvalue weighted by molar-refractivity contribution is -0.118. The normalized spacial score (nSPS) is 14.1. The molecule has 2 atom stereocenters. The SMILES string of the molecule is CCNC(=O)CSC(c1ccccc1)C(C)N. The fourth-order valence-electron chi connectivity index (χ4n) is 1.61.